The molecule has 11 heavy (non-hydrogen) atoms. The summed E-state index contributed by atoms with van der Waals surface area (Å²) in [5, 5.41) is 0. The molecule has 0 nitrogen and oxygen atoms in total. The van der Waals surface area contributed by atoms with Gasteiger partial charge in [0.05, 0.1) is 4.34 Å². The maximum absolute atomic E-state index is 5.90. The van der Waals surface area contributed by atoms with Crippen molar-refractivity contribution < 1.29 is 0 Å². The van der Waals surface area contributed by atoms with Gasteiger partial charge in [-0.3, -0.25) is 0 Å². The first kappa shape index (κ1) is 9.43. The first-order valence-corrected chi connectivity index (χ1v) is 7.41. The number of halogens is 1. The first-order valence-electron chi connectivity index (χ1n) is 3.35. The Kier molecular flexibility index (Phi) is 2.57. The number of thiophene rings is 1. The van der Waals surface area contributed by atoms with Crippen LogP contribution in [-0.2, 0) is 0 Å². The molecule has 0 fully saturated rings. The largest absolute Gasteiger partial charge is 0.214 e. The van der Waals surface area contributed by atoms with Crippen molar-refractivity contribution in [1.82, 2.24) is 0 Å². The van der Waals surface area contributed by atoms with Crippen molar-refractivity contribution in [2.45, 2.75) is 11.1 Å². The minimum atomic E-state index is -0.579. The molecule has 3 heteroatoms. The Morgan fingerprint density at radius 2 is 1.91 bits per heavy atom. The third-order valence-electron chi connectivity index (χ3n) is 1.40. The molecular formula is C8H13ClS2. The van der Waals surface area contributed by atoms with Crippen LogP contribution in [0.1, 0.15) is 5.56 Å². The smallest absolute Gasteiger partial charge is 0.0942 e. The average molecular weight is 209 g/mol. The third kappa shape index (κ3) is 2.14. The molecule has 1 rings (SSSR count). The molecule has 0 atom stereocenters. The molecule has 0 aliphatic heterocycles. The van der Waals surface area contributed by atoms with Crippen molar-refractivity contribution in [2.75, 3.05) is 18.8 Å². The molecule has 1 aromatic rings. The van der Waals surface area contributed by atoms with Crippen molar-refractivity contribution in [3.63, 3.8) is 0 Å². The van der Waals surface area contributed by atoms with E-state index in [0.29, 0.717) is 0 Å². The lowest BCUT2D eigenvalue weighted by Gasteiger charge is -2.24. The average Bonchev–Trinajstić information content (AvgIpc) is 2.08. The van der Waals surface area contributed by atoms with Gasteiger partial charge in [-0.15, -0.1) is 11.3 Å². The lowest BCUT2D eigenvalue weighted by Crippen LogP contribution is -1.90. The fraction of sp³-hybridized carbons (Fsp3) is 0.500. The molecule has 0 bridgehead atoms. The Morgan fingerprint density at radius 3 is 2.09 bits per heavy atom. The summed E-state index contributed by atoms with van der Waals surface area (Å²) in [5.74, 6) is 0. The molecule has 0 radical (unpaired) electrons. The summed E-state index contributed by atoms with van der Waals surface area (Å²) in [6.07, 6.45) is 6.88. The molecule has 0 unspecified atom stereocenters. The molecule has 0 saturated carbocycles. The van der Waals surface area contributed by atoms with E-state index in [-0.39, 0.29) is 0 Å². The Bertz CT molecular complexity index is 258. The molecule has 0 aromatic carbocycles. The van der Waals surface area contributed by atoms with Crippen LogP contribution in [0, 0.1) is 6.92 Å². The van der Waals surface area contributed by atoms with Gasteiger partial charge in [-0.25, -0.2) is 10.0 Å². The van der Waals surface area contributed by atoms with Crippen LogP contribution in [0.15, 0.2) is 10.3 Å². The summed E-state index contributed by atoms with van der Waals surface area (Å²) in [6, 6.07) is 2.06. The highest BCUT2D eigenvalue weighted by atomic mass is 35.5. The second kappa shape index (κ2) is 3.00. The van der Waals surface area contributed by atoms with E-state index >= 15 is 0 Å². The van der Waals surface area contributed by atoms with Crippen LogP contribution in [0.2, 0.25) is 4.34 Å². The minimum Gasteiger partial charge on any atom is -0.214 e. The van der Waals surface area contributed by atoms with Gasteiger partial charge in [0.25, 0.3) is 0 Å². The van der Waals surface area contributed by atoms with Gasteiger partial charge >= 0.3 is 0 Å². The van der Waals surface area contributed by atoms with E-state index in [9.17, 15) is 0 Å². The molecule has 0 N–H and O–H groups in total. The second-order valence-electron chi connectivity index (χ2n) is 3.36. The van der Waals surface area contributed by atoms with Gasteiger partial charge in [-0.05, 0) is 37.3 Å². The molecule has 1 aromatic heterocycles. The van der Waals surface area contributed by atoms with E-state index in [2.05, 4.69) is 31.8 Å². The Labute approximate surface area is 78.9 Å². The summed E-state index contributed by atoms with van der Waals surface area (Å²) >= 11 is 7.63. The fourth-order valence-corrected chi connectivity index (χ4v) is 4.49. The van der Waals surface area contributed by atoms with Gasteiger partial charge in [-0.2, -0.15) is 0 Å². The second-order valence-corrected chi connectivity index (χ2v) is 9.38. The molecule has 1 heterocycles. The van der Waals surface area contributed by atoms with Gasteiger partial charge in [0, 0.05) is 4.21 Å². The van der Waals surface area contributed by atoms with Crippen LogP contribution in [0.25, 0.3) is 0 Å². The number of rotatable bonds is 1. The highest BCUT2D eigenvalue weighted by molar-refractivity contribution is 8.33. The van der Waals surface area contributed by atoms with E-state index in [1.807, 2.05) is 0 Å². The summed E-state index contributed by atoms with van der Waals surface area (Å²) in [4.78, 5) is 0. The molecule has 0 spiro atoms. The van der Waals surface area contributed by atoms with Crippen LogP contribution in [-0.4, -0.2) is 18.8 Å². The standard InChI is InChI=1S/C8H13ClS2/c1-6-5-7(9)10-8(6)11(2,3)4/h5H,1-4H3. The highest BCUT2D eigenvalue weighted by Crippen LogP contribution is 2.51. The lowest BCUT2D eigenvalue weighted by molar-refractivity contribution is 1.42. The SMILES string of the molecule is Cc1cc(Cl)sc1S(C)(C)C. The predicted octanol–water partition coefficient (Wildman–Crippen LogP) is 3.76. The molecule has 64 valence electrons. The van der Waals surface area contributed by atoms with Gasteiger partial charge in [-0.1, -0.05) is 11.6 Å². The minimum absolute atomic E-state index is 0.579. The van der Waals surface area contributed by atoms with Gasteiger partial charge in [0.15, 0.2) is 0 Å². The Balaban J connectivity index is 3.13. The quantitative estimate of drug-likeness (QED) is 0.660. The summed E-state index contributed by atoms with van der Waals surface area (Å²) in [7, 11) is -0.579. The first-order chi connectivity index (χ1) is 4.91. The topological polar surface area (TPSA) is 0 Å². The molecule has 0 amide bonds. The number of aryl methyl sites for hydroxylation is 1. The number of hydrogen-bond acceptors (Lipinski definition) is 1. The van der Waals surface area contributed by atoms with Gasteiger partial charge in [0.2, 0.25) is 0 Å². The van der Waals surface area contributed by atoms with Crippen molar-refractivity contribution >= 4 is 33.0 Å². The zero-order valence-corrected chi connectivity index (χ0v) is 9.66. The third-order valence-corrected chi connectivity index (χ3v) is 5.74. The van der Waals surface area contributed by atoms with E-state index < -0.39 is 10.0 Å². The van der Waals surface area contributed by atoms with Crippen LogP contribution < -0.4 is 0 Å². The van der Waals surface area contributed by atoms with Crippen molar-refractivity contribution in [3.8, 4) is 0 Å². The zero-order chi connectivity index (χ0) is 8.65. The maximum atomic E-state index is 5.90. The normalized spacial score (nSPS) is 13.5. The highest BCUT2D eigenvalue weighted by Gasteiger charge is 2.13. The molecule has 0 saturated heterocycles. The summed E-state index contributed by atoms with van der Waals surface area (Å²) < 4.78 is 2.39. The molecule has 0 aliphatic carbocycles. The molecule has 0 aliphatic rings. The number of hydrogen-bond donors (Lipinski definition) is 0. The van der Waals surface area contributed by atoms with Crippen LogP contribution >= 0.6 is 33.0 Å². The summed E-state index contributed by atoms with van der Waals surface area (Å²) in [6.45, 7) is 2.13. The molecular weight excluding hydrogens is 196 g/mol. The van der Waals surface area contributed by atoms with Crippen LogP contribution in [0.3, 0.4) is 0 Å². The fourth-order valence-electron chi connectivity index (χ4n) is 1.04. The van der Waals surface area contributed by atoms with E-state index in [1.165, 1.54) is 9.77 Å². The van der Waals surface area contributed by atoms with Gasteiger partial charge < -0.3 is 0 Å². The van der Waals surface area contributed by atoms with Crippen molar-refractivity contribution in [1.29, 1.82) is 0 Å². The summed E-state index contributed by atoms with van der Waals surface area (Å²) in [5.41, 5.74) is 1.35. The van der Waals surface area contributed by atoms with Crippen LogP contribution in [0.4, 0.5) is 0 Å². The Morgan fingerprint density at radius 1 is 1.36 bits per heavy atom. The Hall–Kier alpha value is 0.340. The maximum Gasteiger partial charge on any atom is 0.0942 e. The van der Waals surface area contributed by atoms with Crippen molar-refractivity contribution in [3.05, 3.63) is 16.0 Å². The van der Waals surface area contributed by atoms with Crippen LogP contribution in [0.5, 0.6) is 0 Å². The predicted molar refractivity (Wildman–Crippen MR) is 57.7 cm³/mol. The van der Waals surface area contributed by atoms with Gasteiger partial charge in [0.1, 0.15) is 0 Å². The van der Waals surface area contributed by atoms with Crippen molar-refractivity contribution in [2.24, 2.45) is 0 Å². The van der Waals surface area contributed by atoms with E-state index in [0.717, 1.165) is 4.34 Å². The monoisotopic (exact) mass is 208 g/mol. The lowest BCUT2D eigenvalue weighted by atomic mass is 10.4. The van der Waals surface area contributed by atoms with E-state index in [4.69, 9.17) is 11.6 Å². The van der Waals surface area contributed by atoms with E-state index in [1.54, 1.807) is 11.3 Å². The zero-order valence-electron chi connectivity index (χ0n) is 7.27.